The van der Waals surface area contributed by atoms with Crippen LogP contribution in [0.3, 0.4) is 0 Å². The number of hydrogen-bond donors (Lipinski definition) is 0. The number of benzene rings is 2. The minimum absolute atomic E-state index is 0.0804. The van der Waals surface area contributed by atoms with E-state index in [0.717, 1.165) is 16.0 Å². The van der Waals surface area contributed by atoms with Gasteiger partial charge >= 0.3 is 0 Å². The fourth-order valence-electron chi connectivity index (χ4n) is 4.68. The smallest absolute Gasteiger partial charge is 0.245 e. The van der Waals surface area contributed by atoms with Gasteiger partial charge in [0.25, 0.3) is 0 Å². The first-order chi connectivity index (χ1) is 20.3. The number of amides is 1. The molecule has 2 aromatic carbocycles. The van der Waals surface area contributed by atoms with Crippen LogP contribution in [0.4, 0.5) is 0 Å². The van der Waals surface area contributed by atoms with Crippen molar-refractivity contribution < 1.29 is 27.4 Å². The van der Waals surface area contributed by atoms with Crippen LogP contribution in [0.2, 0.25) is 0 Å². The molecule has 4 aromatic rings. The molecule has 0 N–H and O–H groups in total. The maximum atomic E-state index is 14.0. The summed E-state index contributed by atoms with van der Waals surface area (Å²) in [6.07, 6.45) is 2.57. The van der Waals surface area contributed by atoms with Crippen LogP contribution >= 0.6 is 11.3 Å². The van der Waals surface area contributed by atoms with Crippen molar-refractivity contribution in [3.63, 3.8) is 0 Å². The molecular formula is C31H37N3O6S2. The van der Waals surface area contributed by atoms with E-state index in [1.165, 1.54) is 4.31 Å². The third-order valence-electron chi connectivity index (χ3n) is 7.05. The molecule has 9 nitrogen and oxygen atoms in total. The van der Waals surface area contributed by atoms with E-state index in [1.54, 1.807) is 62.0 Å². The Labute approximate surface area is 251 Å². The lowest BCUT2D eigenvalue weighted by Crippen LogP contribution is -2.44. The number of para-hydroxylation sites is 1. The number of fused-ring (bicyclic) bond motifs is 1. The lowest BCUT2D eigenvalue weighted by Gasteiger charge is -2.28. The maximum absolute atomic E-state index is 14.0. The number of aromatic nitrogens is 1. The molecule has 0 unspecified atom stereocenters. The molecular weight excluding hydrogens is 574 g/mol. The Kier molecular flexibility index (Phi) is 10.9. The largest absolute Gasteiger partial charge is 0.493 e. The van der Waals surface area contributed by atoms with Gasteiger partial charge in [0.15, 0.2) is 11.5 Å². The summed E-state index contributed by atoms with van der Waals surface area (Å²) in [7, 11) is 0.686. The number of carbonyl (C=O) groups excluding carboxylic acids is 1. The number of sulfonamides is 1. The SMILES string of the molecule is COCCCN(CC(=O)N(CCc1ccc(OC)c(OC)c1)Cc1sccc1C)S(=O)(=O)c1cccc2cccnc12. The van der Waals surface area contributed by atoms with Gasteiger partial charge in [-0.25, -0.2) is 8.42 Å². The molecule has 0 aliphatic carbocycles. The van der Waals surface area contributed by atoms with Gasteiger partial charge in [-0.2, -0.15) is 4.31 Å². The molecule has 2 aromatic heterocycles. The van der Waals surface area contributed by atoms with Crippen molar-refractivity contribution in [1.29, 1.82) is 0 Å². The molecule has 0 spiro atoms. The summed E-state index contributed by atoms with van der Waals surface area (Å²) < 4.78 is 45.3. The molecule has 0 aliphatic rings. The van der Waals surface area contributed by atoms with Gasteiger partial charge in [-0.05, 0) is 66.6 Å². The first-order valence-electron chi connectivity index (χ1n) is 13.6. The van der Waals surface area contributed by atoms with Crippen LogP contribution < -0.4 is 9.47 Å². The Hall–Kier alpha value is -3.51. The number of hydrogen-bond acceptors (Lipinski definition) is 8. The number of ether oxygens (including phenoxy) is 3. The lowest BCUT2D eigenvalue weighted by atomic mass is 10.1. The summed E-state index contributed by atoms with van der Waals surface area (Å²) in [6.45, 7) is 2.99. The summed E-state index contributed by atoms with van der Waals surface area (Å²) in [5, 5.41) is 2.71. The molecule has 0 radical (unpaired) electrons. The highest BCUT2D eigenvalue weighted by Crippen LogP contribution is 2.28. The van der Waals surface area contributed by atoms with Gasteiger partial charge < -0.3 is 19.1 Å². The Morgan fingerprint density at radius 1 is 0.976 bits per heavy atom. The zero-order chi connectivity index (χ0) is 30.1. The number of rotatable bonds is 15. The van der Waals surface area contributed by atoms with Crippen molar-refractivity contribution >= 4 is 38.2 Å². The normalized spacial score (nSPS) is 11.6. The molecule has 4 rings (SSSR count). The number of aryl methyl sites for hydroxylation is 1. The number of methoxy groups -OCH3 is 3. The van der Waals surface area contributed by atoms with Crippen molar-refractivity contribution in [3.05, 3.63) is 82.2 Å². The van der Waals surface area contributed by atoms with Crippen molar-refractivity contribution in [1.82, 2.24) is 14.2 Å². The molecule has 224 valence electrons. The van der Waals surface area contributed by atoms with E-state index >= 15 is 0 Å². The van der Waals surface area contributed by atoms with Crippen LogP contribution in [0, 0.1) is 6.92 Å². The summed E-state index contributed by atoms with van der Waals surface area (Å²) in [6, 6.07) is 16.3. The average Bonchev–Trinajstić information content (AvgIpc) is 3.41. The van der Waals surface area contributed by atoms with E-state index in [-0.39, 0.29) is 23.9 Å². The molecule has 0 saturated carbocycles. The highest BCUT2D eigenvalue weighted by Gasteiger charge is 2.30. The quantitative estimate of drug-likeness (QED) is 0.176. The van der Waals surface area contributed by atoms with Crippen molar-refractivity contribution in [2.75, 3.05) is 47.6 Å². The molecule has 11 heteroatoms. The number of carbonyl (C=O) groups is 1. The van der Waals surface area contributed by atoms with E-state index in [4.69, 9.17) is 14.2 Å². The van der Waals surface area contributed by atoms with Gasteiger partial charge in [-0.3, -0.25) is 9.78 Å². The van der Waals surface area contributed by atoms with Crippen molar-refractivity contribution in [2.45, 2.75) is 31.2 Å². The monoisotopic (exact) mass is 611 g/mol. The Bertz CT molecular complexity index is 1600. The van der Waals surface area contributed by atoms with Crippen LogP contribution in [-0.4, -0.2) is 76.1 Å². The topological polar surface area (TPSA) is 98.3 Å². The zero-order valence-electron chi connectivity index (χ0n) is 24.4. The molecule has 0 atom stereocenters. The number of pyridine rings is 1. The third-order valence-corrected chi connectivity index (χ3v) is 9.94. The zero-order valence-corrected chi connectivity index (χ0v) is 26.0. The first-order valence-corrected chi connectivity index (χ1v) is 15.9. The van der Waals surface area contributed by atoms with E-state index < -0.39 is 10.0 Å². The molecule has 0 fully saturated rings. The summed E-state index contributed by atoms with van der Waals surface area (Å²) in [5.41, 5.74) is 2.44. The summed E-state index contributed by atoms with van der Waals surface area (Å²) >= 11 is 1.58. The summed E-state index contributed by atoms with van der Waals surface area (Å²) in [5.74, 6) is 0.960. The predicted octanol–water partition coefficient (Wildman–Crippen LogP) is 4.92. The van der Waals surface area contributed by atoms with Crippen LogP contribution in [0.5, 0.6) is 11.5 Å². The second-order valence-electron chi connectivity index (χ2n) is 9.80. The Morgan fingerprint density at radius 3 is 2.48 bits per heavy atom. The highest BCUT2D eigenvalue weighted by molar-refractivity contribution is 7.89. The first kappa shape index (κ1) is 31.4. The lowest BCUT2D eigenvalue weighted by molar-refractivity contribution is -0.132. The van der Waals surface area contributed by atoms with Gasteiger partial charge in [0, 0.05) is 43.3 Å². The van der Waals surface area contributed by atoms with Gasteiger partial charge in [0.1, 0.15) is 4.90 Å². The Balaban J connectivity index is 1.62. The van der Waals surface area contributed by atoms with E-state index in [2.05, 4.69) is 4.98 Å². The summed E-state index contributed by atoms with van der Waals surface area (Å²) in [4.78, 5) is 21.2. The second kappa shape index (κ2) is 14.6. The molecule has 2 heterocycles. The molecule has 0 saturated heterocycles. The van der Waals surface area contributed by atoms with E-state index in [1.807, 2.05) is 48.7 Å². The van der Waals surface area contributed by atoms with Crippen LogP contribution in [0.1, 0.15) is 22.4 Å². The van der Waals surface area contributed by atoms with Gasteiger partial charge in [-0.1, -0.05) is 24.3 Å². The molecule has 0 bridgehead atoms. The minimum Gasteiger partial charge on any atom is -0.493 e. The second-order valence-corrected chi connectivity index (χ2v) is 12.7. The average molecular weight is 612 g/mol. The number of nitrogens with zero attached hydrogens (tertiary/aromatic N) is 3. The van der Waals surface area contributed by atoms with Gasteiger partial charge in [0.2, 0.25) is 15.9 Å². The van der Waals surface area contributed by atoms with E-state index in [9.17, 15) is 13.2 Å². The van der Waals surface area contributed by atoms with Crippen LogP contribution in [-0.2, 0) is 32.5 Å². The Morgan fingerprint density at radius 2 is 1.76 bits per heavy atom. The fourth-order valence-corrected chi connectivity index (χ4v) is 7.19. The van der Waals surface area contributed by atoms with Crippen LogP contribution in [0.15, 0.2) is 71.1 Å². The van der Waals surface area contributed by atoms with Gasteiger partial charge in [-0.15, -0.1) is 11.3 Å². The van der Waals surface area contributed by atoms with E-state index in [0.29, 0.717) is 54.9 Å². The molecule has 0 aliphatic heterocycles. The standard InChI is InChI=1S/C31H37N3O6S2/c1-23-14-19-41-28(23)21-33(17-13-24-11-12-26(39-3)27(20-24)40-4)30(35)22-34(16-7-18-38-2)42(36,37)29-10-5-8-25-9-6-15-32-31(25)29/h5-6,8-12,14-15,19-20H,7,13,16-18,21-22H2,1-4H3. The molecule has 42 heavy (non-hydrogen) atoms. The van der Waals surface area contributed by atoms with Crippen molar-refractivity contribution in [3.8, 4) is 11.5 Å². The van der Waals surface area contributed by atoms with Gasteiger partial charge in [0.05, 0.1) is 32.8 Å². The predicted molar refractivity (Wildman–Crippen MR) is 165 cm³/mol. The fraction of sp³-hybridized carbons (Fsp3) is 0.355. The third kappa shape index (κ3) is 7.46. The van der Waals surface area contributed by atoms with Crippen molar-refractivity contribution in [2.24, 2.45) is 0 Å². The molecule has 1 amide bonds. The minimum atomic E-state index is -4.05. The maximum Gasteiger partial charge on any atom is 0.245 e. The highest BCUT2D eigenvalue weighted by atomic mass is 32.2. The van der Waals surface area contributed by atoms with Crippen LogP contribution in [0.25, 0.3) is 10.9 Å². The number of thiophene rings is 1.